The monoisotopic (exact) mass is 449 g/mol. The first-order chi connectivity index (χ1) is 14.2. The summed E-state index contributed by atoms with van der Waals surface area (Å²) in [6, 6.07) is 7.46. The van der Waals surface area contributed by atoms with Crippen LogP contribution in [0.4, 0.5) is 5.69 Å². The molecule has 0 radical (unpaired) electrons. The molecular weight excluding hydrogens is 433 g/mol. The number of rotatable bonds is 4. The van der Waals surface area contributed by atoms with Crippen molar-refractivity contribution in [2.24, 2.45) is 0 Å². The maximum Gasteiger partial charge on any atom is 0.308 e. The third-order valence-electron chi connectivity index (χ3n) is 4.44. The van der Waals surface area contributed by atoms with Crippen molar-refractivity contribution in [3.05, 3.63) is 51.5 Å². The zero-order chi connectivity index (χ0) is 22.0. The van der Waals surface area contributed by atoms with E-state index in [4.69, 9.17) is 32.7 Å². The molecule has 0 aliphatic heterocycles. The van der Waals surface area contributed by atoms with E-state index in [1.165, 1.54) is 38.1 Å². The van der Waals surface area contributed by atoms with Gasteiger partial charge in [0.15, 0.2) is 11.5 Å². The number of carbonyl (C=O) groups is 4. The number of esters is 2. The molecule has 1 aliphatic rings. The Morgan fingerprint density at radius 1 is 0.967 bits per heavy atom. The van der Waals surface area contributed by atoms with Gasteiger partial charge in [-0.25, -0.2) is 0 Å². The average Bonchev–Trinajstić information content (AvgIpc) is 2.63. The lowest BCUT2D eigenvalue weighted by Gasteiger charge is -2.25. The molecule has 0 aromatic heterocycles. The quantitative estimate of drug-likeness (QED) is 0.428. The minimum atomic E-state index is -1.14. The molecular formula is C21H17Cl2NO6. The summed E-state index contributed by atoms with van der Waals surface area (Å²) >= 11 is 12.0. The minimum Gasteiger partial charge on any atom is -0.423 e. The molecule has 2 aromatic carbocycles. The molecule has 156 valence electrons. The molecule has 1 atom stereocenters. The van der Waals surface area contributed by atoms with E-state index in [2.05, 4.69) is 5.32 Å². The maximum atomic E-state index is 13.0. The Bertz CT molecular complexity index is 1070. The predicted molar refractivity (Wildman–Crippen MR) is 110 cm³/mol. The number of aryl methyl sites for hydroxylation is 1. The van der Waals surface area contributed by atoms with E-state index in [1.54, 1.807) is 6.07 Å². The van der Waals surface area contributed by atoms with Crippen molar-refractivity contribution < 1.29 is 28.7 Å². The molecule has 1 unspecified atom stereocenters. The zero-order valence-corrected chi connectivity index (χ0v) is 17.6. The molecule has 1 aliphatic carbocycles. The number of amides is 1. The highest BCUT2D eigenvalue weighted by molar-refractivity contribution is 6.36. The molecule has 0 heterocycles. The third kappa shape index (κ3) is 4.80. The van der Waals surface area contributed by atoms with Gasteiger partial charge >= 0.3 is 11.9 Å². The summed E-state index contributed by atoms with van der Waals surface area (Å²) in [5.74, 6) is -3.25. The lowest BCUT2D eigenvalue weighted by molar-refractivity contribution is -0.134. The smallest absolute Gasteiger partial charge is 0.308 e. The SMILES string of the molecule is CC(=O)Oc1cc2c(cc1OC(C)=O)C(C(=O)Nc1ccc(Cl)cc1Cl)C(=O)CC2. The van der Waals surface area contributed by atoms with Gasteiger partial charge in [0.25, 0.3) is 0 Å². The fourth-order valence-electron chi connectivity index (χ4n) is 3.23. The molecule has 1 amide bonds. The zero-order valence-electron chi connectivity index (χ0n) is 16.1. The molecule has 0 saturated carbocycles. The van der Waals surface area contributed by atoms with Crippen LogP contribution in [0.5, 0.6) is 11.5 Å². The highest BCUT2D eigenvalue weighted by Gasteiger charge is 2.35. The first-order valence-corrected chi connectivity index (χ1v) is 9.73. The number of Topliss-reactive ketones (excluding diaryl/α,β-unsaturated/α-hetero) is 1. The van der Waals surface area contributed by atoms with Crippen LogP contribution < -0.4 is 14.8 Å². The van der Waals surface area contributed by atoms with Crippen LogP contribution in [-0.4, -0.2) is 23.6 Å². The van der Waals surface area contributed by atoms with Crippen LogP contribution in [0.15, 0.2) is 30.3 Å². The van der Waals surface area contributed by atoms with Crippen LogP contribution in [0, 0.1) is 0 Å². The molecule has 7 nitrogen and oxygen atoms in total. The largest absolute Gasteiger partial charge is 0.423 e. The number of ether oxygens (including phenoxy) is 2. The Labute approximate surface area is 182 Å². The van der Waals surface area contributed by atoms with Gasteiger partial charge < -0.3 is 14.8 Å². The van der Waals surface area contributed by atoms with E-state index in [-0.39, 0.29) is 28.7 Å². The Hall–Kier alpha value is -2.90. The van der Waals surface area contributed by atoms with E-state index in [1.807, 2.05) is 0 Å². The van der Waals surface area contributed by atoms with Crippen LogP contribution in [0.3, 0.4) is 0 Å². The molecule has 0 saturated heterocycles. The Kier molecular flexibility index (Phi) is 6.43. The number of fused-ring (bicyclic) bond motifs is 1. The van der Waals surface area contributed by atoms with E-state index < -0.39 is 23.8 Å². The number of anilines is 1. The summed E-state index contributed by atoms with van der Waals surface area (Å²) in [5, 5.41) is 3.27. The van der Waals surface area contributed by atoms with Crippen LogP contribution in [-0.2, 0) is 25.6 Å². The normalized spacial score (nSPS) is 15.2. The fourth-order valence-corrected chi connectivity index (χ4v) is 3.69. The van der Waals surface area contributed by atoms with Gasteiger partial charge in [0.1, 0.15) is 11.7 Å². The van der Waals surface area contributed by atoms with Gasteiger partial charge in [-0.05, 0) is 47.9 Å². The third-order valence-corrected chi connectivity index (χ3v) is 4.99. The van der Waals surface area contributed by atoms with E-state index in [0.717, 1.165) is 0 Å². The predicted octanol–water partition coefficient (Wildman–Crippen LogP) is 4.08. The van der Waals surface area contributed by atoms with Crippen molar-refractivity contribution in [2.75, 3.05) is 5.32 Å². The first-order valence-electron chi connectivity index (χ1n) is 8.98. The lowest BCUT2D eigenvalue weighted by Crippen LogP contribution is -2.32. The molecule has 3 rings (SSSR count). The van der Waals surface area contributed by atoms with Crippen molar-refractivity contribution in [2.45, 2.75) is 32.6 Å². The van der Waals surface area contributed by atoms with Crippen LogP contribution in [0.2, 0.25) is 10.0 Å². The van der Waals surface area contributed by atoms with Gasteiger partial charge in [0.2, 0.25) is 5.91 Å². The van der Waals surface area contributed by atoms with Crippen LogP contribution in [0.25, 0.3) is 0 Å². The highest BCUT2D eigenvalue weighted by Crippen LogP contribution is 2.39. The van der Waals surface area contributed by atoms with Crippen molar-refractivity contribution in [3.63, 3.8) is 0 Å². The van der Waals surface area contributed by atoms with Crippen LogP contribution >= 0.6 is 23.2 Å². The number of nitrogens with one attached hydrogen (secondary N) is 1. The Morgan fingerprint density at radius 2 is 1.60 bits per heavy atom. The van der Waals surface area contributed by atoms with Gasteiger partial charge in [0, 0.05) is 25.3 Å². The van der Waals surface area contributed by atoms with Crippen molar-refractivity contribution in [1.82, 2.24) is 0 Å². The fraction of sp³-hybridized carbons (Fsp3) is 0.238. The summed E-state index contributed by atoms with van der Waals surface area (Å²) in [4.78, 5) is 48.4. The number of hydrogen-bond acceptors (Lipinski definition) is 6. The molecule has 0 spiro atoms. The topological polar surface area (TPSA) is 98.8 Å². The van der Waals surface area contributed by atoms with Gasteiger partial charge in [-0.15, -0.1) is 0 Å². The minimum absolute atomic E-state index is 0.0469. The highest BCUT2D eigenvalue weighted by atomic mass is 35.5. The molecule has 0 fully saturated rings. The Morgan fingerprint density at radius 3 is 2.20 bits per heavy atom. The van der Waals surface area contributed by atoms with E-state index in [9.17, 15) is 19.2 Å². The molecule has 30 heavy (non-hydrogen) atoms. The maximum absolute atomic E-state index is 13.0. The number of halogens is 2. The molecule has 2 aromatic rings. The molecule has 0 bridgehead atoms. The van der Waals surface area contributed by atoms with Crippen LogP contribution in [0.1, 0.15) is 37.3 Å². The number of carbonyl (C=O) groups excluding carboxylic acids is 4. The van der Waals surface area contributed by atoms with E-state index >= 15 is 0 Å². The second kappa shape index (κ2) is 8.85. The molecule has 1 N–H and O–H groups in total. The second-order valence-corrected chi connectivity index (χ2v) is 7.54. The lowest BCUT2D eigenvalue weighted by atomic mass is 9.81. The van der Waals surface area contributed by atoms with Gasteiger partial charge in [-0.2, -0.15) is 0 Å². The summed E-state index contributed by atoms with van der Waals surface area (Å²) in [5.41, 5.74) is 1.33. The summed E-state index contributed by atoms with van der Waals surface area (Å²) < 4.78 is 10.3. The average molecular weight is 450 g/mol. The first kappa shape index (κ1) is 21.8. The van der Waals surface area contributed by atoms with Gasteiger partial charge in [0.05, 0.1) is 10.7 Å². The van der Waals surface area contributed by atoms with Gasteiger partial charge in [-0.1, -0.05) is 23.2 Å². The molecule has 9 heteroatoms. The summed E-state index contributed by atoms with van der Waals surface area (Å²) in [7, 11) is 0. The van der Waals surface area contributed by atoms with E-state index in [0.29, 0.717) is 28.3 Å². The summed E-state index contributed by atoms with van der Waals surface area (Å²) in [6.45, 7) is 2.40. The Balaban J connectivity index is 2.01. The summed E-state index contributed by atoms with van der Waals surface area (Å²) in [6.07, 6.45) is 0.486. The second-order valence-electron chi connectivity index (χ2n) is 6.70. The number of hydrogen-bond donors (Lipinski definition) is 1. The van der Waals surface area contributed by atoms with Crippen molar-refractivity contribution in [3.8, 4) is 11.5 Å². The standard InChI is InChI=1S/C21H17Cl2NO6/c1-10(25)29-18-7-12-3-6-17(27)20(14(12)9-19(18)30-11(2)26)21(28)24-16-5-4-13(22)8-15(16)23/h4-5,7-9,20H,3,6H2,1-2H3,(H,24,28). The van der Waals surface area contributed by atoms with Gasteiger partial charge in [-0.3, -0.25) is 19.2 Å². The number of ketones is 1. The van der Waals surface area contributed by atoms with Crippen molar-refractivity contribution >= 4 is 52.5 Å². The van der Waals surface area contributed by atoms with Crippen molar-refractivity contribution in [1.29, 1.82) is 0 Å². The number of benzene rings is 2.